The topological polar surface area (TPSA) is 147 Å². The molecule has 0 aromatic heterocycles. The van der Waals surface area contributed by atoms with Crippen LogP contribution < -0.4 is 5.32 Å². The van der Waals surface area contributed by atoms with Gasteiger partial charge in [0.2, 0.25) is 5.91 Å². The summed E-state index contributed by atoms with van der Waals surface area (Å²) in [7, 11) is 0. The number of benzene rings is 1. The van der Waals surface area contributed by atoms with Gasteiger partial charge in [-0.3, -0.25) is 19.7 Å². The molecular weight excluding hydrogens is 488 g/mol. The van der Waals surface area contributed by atoms with Crippen LogP contribution >= 0.6 is 0 Å². The molecular formula is C29H44N2O7. The van der Waals surface area contributed by atoms with Crippen molar-refractivity contribution in [2.75, 3.05) is 6.54 Å². The minimum atomic E-state index is -2.27. The Morgan fingerprint density at radius 3 is 2.13 bits per heavy atom. The van der Waals surface area contributed by atoms with E-state index in [2.05, 4.69) is 12.2 Å². The predicted molar refractivity (Wildman–Crippen MR) is 147 cm³/mol. The largest absolute Gasteiger partial charge is 0.479 e. The van der Waals surface area contributed by atoms with Gasteiger partial charge in [0.15, 0.2) is 5.60 Å². The van der Waals surface area contributed by atoms with Gasteiger partial charge in [-0.25, -0.2) is 4.79 Å². The summed E-state index contributed by atoms with van der Waals surface area (Å²) in [6, 6.07) is 5.95. The molecule has 0 unspecified atom stereocenters. The molecule has 0 radical (unpaired) electrons. The van der Waals surface area contributed by atoms with Crippen LogP contribution in [0.25, 0.3) is 0 Å². The number of carboxylic acid groups (broad SMARTS) is 1. The third-order valence-electron chi connectivity index (χ3n) is 6.65. The number of hydrogen-bond donors (Lipinski definition) is 3. The number of Topliss-reactive ketones (excluding diaryl/α,β-unsaturated/α-hetero) is 1. The molecule has 0 saturated heterocycles. The summed E-state index contributed by atoms with van der Waals surface area (Å²) in [5.41, 5.74) is -1.52. The van der Waals surface area contributed by atoms with Crippen LogP contribution in [0.5, 0.6) is 0 Å². The lowest BCUT2D eigenvalue weighted by Gasteiger charge is -2.25. The summed E-state index contributed by atoms with van der Waals surface area (Å²) in [5, 5.41) is 33.3. The van der Waals surface area contributed by atoms with Gasteiger partial charge < -0.3 is 15.5 Å². The molecule has 0 aliphatic carbocycles. The molecule has 9 heteroatoms. The molecule has 0 aliphatic rings. The van der Waals surface area contributed by atoms with Crippen molar-refractivity contribution in [3.8, 4) is 0 Å². The number of non-ortho nitro benzene ring substituents is 1. The smallest absolute Gasteiger partial charge is 0.336 e. The summed E-state index contributed by atoms with van der Waals surface area (Å²) >= 11 is 0. The van der Waals surface area contributed by atoms with Gasteiger partial charge in [0.05, 0.1) is 10.8 Å². The Labute approximate surface area is 225 Å². The van der Waals surface area contributed by atoms with Crippen molar-refractivity contribution < 1.29 is 29.5 Å². The zero-order valence-electron chi connectivity index (χ0n) is 22.8. The maximum Gasteiger partial charge on any atom is 0.336 e. The third kappa shape index (κ3) is 12.9. The summed E-state index contributed by atoms with van der Waals surface area (Å²) in [5.74, 6) is -3.04. The number of hydrogen-bond acceptors (Lipinski definition) is 6. The maximum atomic E-state index is 12.7. The minimum Gasteiger partial charge on any atom is -0.479 e. The Balaban J connectivity index is 2.41. The number of allylic oxidation sites excluding steroid dienone is 1. The van der Waals surface area contributed by atoms with Crippen molar-refractivity contribution in [1.29, 1.82) is 0 Å². The molecule has 3 N–H and O–H groups in total. The highest BCUT2D eigenvalue weighted by Gasteiger charge is 2.42. The highest BCUT2D eigenvalue weighted by Crippen LogP contribution is 2.21. The first-order chi connectivity index (χ1) is 18.1. The van der Waals surface area contributed by atoms with Crippen molar-refractivity contribution in [2.24, 2.45) is 5.92 Å². The van der Waals surface area contributed by atoms with E-state index in [4.69, 9.17) is 0 Å². The molecule has 1 aromatic carbocycles. The lowest BCUT2D eigenvalue weighted by atomic mass is 9.87. The summed E-state index contributed by atoms with van der Waals surface area (Å²) in [6.45, 7) is 3.46. The van der Waals surface area contributed by atoms with Gasteiger partial charge in [-0.1, -0.05) is 69.7 Å². The number of carbonyl (C=O) groups is 3. The predicted octanol–water partition coefficient (Wildman–Crippen LogP) is 5.53. The van der Waals surface area contributed by atoms with E-state index in [-0.39, 0.29) is 12.2 Å². The second-order valence-corrected chi connectivity index (χ2v) is 9.98. The van der Waals surface area contributed by atoms with Gasteiger partial charge in [0.25, 0.3) is 5.69 Å². The highest BCUT2D eigenvalue weighted by molar-refractivity contribution is 5.90. The SMILES string of the molecule is CCCCCCCC(=O)CCCCCCC=C[C@H](C(=O)NCCc1ccc([N+](=O)[O-])cc1)[C@](C)(O)C(=O)O. The van der Waals surface area contributed by atoms with Gasteiger partial charge in [0.1, 0.15) is 5.78 Å². The van der Waals surface area contributed by atoms with Crippen LogP contribution in [0.3, 0.4) is 0 Å². The van der Waals surface area contributed by atoms with Crippen LogP contribution in [-0.4, -0.2) is 44.9 Å². The van der Waals surface area contributed by atoms with Crippen LogP contribution in [0.1, 0.15) is 96.5 Å². The van der Waals surface area contributed by atoms with Gasteiger partial charge in [0, 0.05) is 31.5 Å². The number of amides is 1. The number of carboxylic acids is 1. The molecule has 2 atom stereocenters. The van der Waals surface area contributed by atoms with E-state index >= 15 is 0 Å². The quantitative estimate of drug-likeness (QED) is 0.0816. The molecule has 1 amide bonds. The van der Waals surface area contributed by atoms with Gasteiger partial charge in [-0.05, 0) is 44.6 Å². The van der Waals surface area contributed by atoms with Crippen LogP contribution in [0.4, 0.5) is 5.69 Å². The number of aliphatic hydroxyl groups is 1. The van der Waals surface area contributed by atoms with Crippen LogP contribution in [0.15, 0.2) is 36.4 Å². The van der Waals surface area contributed by atoms with Crippen molar-refractivity contribution >= 4 is 23.3 Å². The molecule has 0 fully saturated rings. The molecule has 38 heavy (non-hydrogen) atoms. The second-order valence-electron chi connectivity index (χ2n) is 9.98. The van der Waals surface area contributed by atoms with E-state index in [1.165, 1.54) is 37.5 Å². The van der Waals surface area contributed by atoms with E-state index in [0.29, 0.717) is 31.5 Å². The zero-order chi connectivity index (χ0) is 28.4. The molecule has 1 rings (SSSR count). The standard InChI is InChI=1S/C29H44N2O7/c1-3-4-5-8-11-14-25(32)15-12-9-6-7-10-13-16-26(29(2,36)28(34)35)27(33)30-22-21-23-17-19-24(20-18-23)31(37)38/h13,16-20,26,36H,3-12,14-15,21-22H2,1-2H3,(H,30,33)(H,34,35)/t26-,29+/m1/s1. The number of unbranched alkanes of at least 4 members (excludes halogenated alkanes) is 8. The third-order valence-corrected chi connectivity index (χ3v) is 6.65. The number of carbonyl (C=O) groups excluding carboxylic acids is 2. The normalized spacial score (nSPS) is 13.7. The van der Waals surface area contributed by atoms with Gasteiger partial charge >= 0.3 is 5.97 Å². The first kappa shape index (κ1) is 33.0. The summed E-state index contributed by atoms with van der Waals surface area (Å²) in [6.07, 6.45) is 14.8. The Bertz CT molecular complexity index is 910. The van der Waals surface area contributed by atoms with E-state index in [1.54, 1.807) is 18.2 Å². The first-order valence-corrected chi connectivity index (χ1v) is 13.7. The fourth-order valence-corrected chi connectivity index (χ4v) is 4.11. The Morgan fingerprint density at radius 1 is 1.00 bits per heavy atom. The van der Waals surface area contributed by atoms with Crippen LogP contribution in [-0.2, 0) is 20.8 Å². The number of nitrogens with one attached hydrogen (secondary N) is 1. The molecule has 1 aromatic rings. The van der Waals surface area contributed by atoms with Gasteiger partial charge in [-0.2, -0.15) is 0 Å². The molecule has 0 aliphatic heterocycles. The lowest BCUT2D eigenvalue weighted by Crippen LogP contribution is -2.49. The van der Waals surface area contributed by atoms with Crippen LogP contribution in [0.2, 0.25) is 0 Å². The van der Waals surface area contributed by atoms with Crippen molar-refractivity contribution in [3.05, 3.63) is 52.1 Å². The first-order valence-electron chi connectivity index (χ1n) is 13.7. The van der Waals surface area contributed by atoms with E-state index in [1.807, 2.05) is 0 Å². The number of nitrogens with zero attached hydrogens (tertiary/aromatic N) is 1. The zero-order valence-corrected chi connectivity index (χ0v) is 22.8. The highest BCUT2D eigenvalue weighted by atomic mass is 16.6. The minimum absolute atomic E-state index is 0.0258. The molecule has 9 nitrogen and oxygen atoms in total. The average molecular weight is 533 g/mol. The molecule has 0 heterocycles. The number of nitro groups is 1. The fraction of sp³-hybridized carbons (Fsp3) is 0.621. The maximum absolute atomic E-state index is 12.7. The fourth-order valence-electron chi connectivity index (χ4n) is 4.11. The van der Waals surface area contributed by atoms with Gasteiger partial charge in [-0.15, -0.1) is 0 Å². The number of ketones is 1. The molecule has 0 spiro atoms. The number of aliphatic carboxylic acids is 1. The number of rotatable bonds is 21. The number of nitro benzene ring substituents is 1. The second kappa shape index (κ2) is 18.2. The van der Waals surface area contributed by atoms with Crippen molar-refractivity contribution in [2.45, 2.75) is 103 Å². The van der Waals surface area contributed by atoms with E-state index in [9.17, 15) is 34.7 Å². The van der Waals surface area contributed by atoms with E-state index < -0.39 is 28.3 Å². The lowest BCUT2D eigenvalue weighted by molar-refractivity contribution is -0.384. The molecule has 0 saturated carbocycles. The van der Waals surface area contributed by atoms with Crippen molar-refractivity contribution in [3.63, 3.8) is 0 Å². The van der Waals surface area contributed by atoms with E-state index in [0.717, 1.165) is 51.0 Å². The molecule has 212 valence electrons. The summed E-state index contributed by atoms with van der Waals surface area (Å²) < 4.78 is 0. The summed E-state index contributed by atoms with van der Waals surface area (Å²) in [4.78, 5) is 46.5. The molecule has 0 bridgehead atoms. The Morgan fingerprint density at radius 2 is 1.58 bits per heavy atom. The Kier molecular flexibility index (Phi) is 15.8. The Hall–Kier alpha value is -3.07. The van der Waals surface area contributed by atoms with Crippen LogP contribution in [0, 0.1) is 16.0 Å². The average Bonchev–Trinajstić information content (AvgIpc) is 2.87. The monoisotopic (exact) mass is 532 g/mol. The van der Waals surface area contributed by atoms with Crippen molar-refractivity contribution in [1.82, 2.24) is 5.32 Å².